The summed E-state index contributed by atoms with van der Waals surface area (Å²) >= 11 is 3.33. The number of hydrogen-bond acceptors (Lipinski definition) is 5. The molecule has 1 N–H and O–H groups in total. The molecule has 2 atom stereocenters. The number of thiophene rings is 1. The zero-order chi connectivity index (χ0) is 17.4. The molecule has 0 spiro atoms. The zero-order valence-electron chi connectivity index (χ0n) is 13.2. The molecule has 1 fully saturated rings. The number of pyridine rings is 1. The number of thioether (sulfide) groups is 1. The van der Waals surface area contributed by atoms with Crippen LogP contribution in [-0.2, 0) is 4.79 Å². The molecule has 0 aliphatic heterocycles. The third kappa shape index (κ3) is 3.01. The summed E-state index contributed by atoms with van der Waals surface area (Å²) in [7, 11) is 0. The molecule has 4 nitrogen and oxygen atoms in total. The van der Waals surface area contributed by atoms with E-state index in [-0.39, 0.29) is 11.2 Å². The number of nitrogens with zero attached hydrogens (tertiary/aromatic N) is 2. The van der Waals surface area contributed by atoms with Gasteiger partial charge in [0.1, 0.15) is 0 Å². The van der Waals surface area contributed by atoms with Gasteiger partial charge in [0.2, 0.25) is 0 Å². The molecule has 2 unspecified atom stereocenters. The first-order valence-electron chi connectivity index (χ1n) is 7.94. The van der Waals surface area contributed by atoms with E-state index in [1.807, 2.05) is 18.2 Å². The maximum atomic E-state index is 11.2. The predicted molar refractivity (Wildman–Crippen MR) is 99.8 cm³/mol. The molecule has 2 aromatic heterocycles. The summed E-state index contributed by atoms with van der Waals surface area (Å²) < 4.78 is 1.13. The molecule has 0 radical (unpaired) electrons. The summed E-state index contributed by atoms with van der Waals surface area (Å²) in [5, 5.41) is 19.5. The smallest absolute Gasteiger partial charge is 0.307 e. The molecule has 0 bridgehead atoms. The van der Waals surface area contributed by atoms with Crippen molar-refractivity contribution in [3.63, 3.8) is 0 Å². The second-order valence-electron chi connectivity index (χ2n) is 6.00. The Kier molecular flexibility index (Phi) is 4.20. The summed E-state index contributed by atoms with van der Waals surface area (Å²) in [5.41, 5.74) is 2.54. The van der Waals surface area contributed by atoms with Crippen molar-refractivity contribution >= 4 is 40.0 Å². The largest absolute Gasteiger partial charge is 0.481 e. The lowest BCUT2D eigenvalue weighted by atomic mass is 9.85. The lowest BCUT2D eigenvalue weighted by Gasteiger charge is -2.32. The molecule has 2 heterocycles. The van der Waals surface area contributed by atoms with Crippen LogP contribution in [0.3, 0.4) is 0 Å². The molecule has 0 amide bonds. The van der Waals surface area contributed by atoms with Crippen molar-refractivity contribution in [3.8, 4) is 16.5 Å². The molecule has 4 rings (SSSR count). The van der Waals surface area contributed by atoms with Gasteiger partial charge >= 0.3 is 5.97 Å². The SMILES string of the molecule is N#Cc1ccc2nccc(-c3ccc(SC4CCC4C(=O)O)s3)c2c1. The maximum absolute atomic E-state index is 11.2. The molecule has 3 aromatic rings. The van der Waals surface area contributed by atoms with Gasteiger partial charge in [-0.05, 0) is 49.2 Å². The number of aliphatic carboxylic acids is 1. The van der Waals surface area contributed by atoms with Gasteiger partial charge in [-0.15, -0.1) is 23.1 Å². The third-order valence-corrected chi connectivity index (χ3v) is 7.20. The van der Waals surface area contributed by atoms with E-state index in [9.17, 15) is 9.90 Å². The topological polar surface area (TPSA) is 74.0 Å². The highest BCUT2D eigenvalue weighted by molar-refractivity contribution is 8.01. The number of rotatable bonds is 4. The zero-order valence-corrected chi connectivity index (χ0v) is 14.8. The average Bonchev–Trinajstić information content (AvgIpc) is 3.05. The van der Waals surface area contributed by atoms with Crippen molar-refractivity contribution in [2.45, 2.75) is 22.3 Å². The van der Waals surface area contributed by atoms with Gasteiger partial charge < -0.3 is 5.11 Å². The number of carboxylic acid groups (broad SMARTS) is 1. The highest BCUT2D eigenvalue weighted by Gasteiger charge is 2.37. The fourth-order valence-electron chi connectivity index (χ4n) is 3.00. The number of aromatic nitrogens is 1. The van der Waals surface area contributed by atoms with Crippen LogP contribution >= 0.6 is 23.1 Å². The second-order valence-corrected chi connectivity index (χ2v) is 8.62. The Morgan fingerprint density at radius 2 is 2.16 bits per heavy atom. The van der Waals surface area contributed by atoms with Crippen LogP contribution in [-0.4, -0.2) is 21.3 Å². The summed E-state index contributed by atoms with van der Waals surface area (Å²) in [4.78, 5) is 16.7. The van der Waals surface area contributed by atoms with Gasteiger partial charge in [-0.2, -0.15) is 5.26 Å². The first-order valence-corrected chi connectivity index (χ1v) is 9.64. The lowest BCUT2D eigenvalue weighted by molar-refractivity contribution is -0.144. The van der Waals surface area contributed by atoms with Crippen LogP contribution in [0.1, 0.15) is 18.4 Å². The molecule has 25 heavy (non-hydrogen) atoms. The van der Waals surface area contributed by atoms with E-state index in [1.165, 1.54) is 0 Å². The molecule has 1 aliphatic carbocycles. The molecule has 0 saturated heterocycles. The number of carboxylic acids is 1. The Morgan fingerprint density at radius 1 is 1.28 bits per heavy atom. The van der Waals surface area contributed by atoms with Crippen molar-refractivity contribution in [3.05, 3.63) is 48.2 Å². The van der Waals surface area contributed by atoms with Gasteiger partial charge in [0.25, 0.3) is 0 Å². The van der Waals surface area contributed by atoms with E-state index in [2.05, 4.69) is 23.2 Å². The van der Waals surface area contributed by atoms with Crippen LogP contribution in [0.2, 0.25) is 0 Å². The Morgan fingerprint density at radius 3 is 2.88 bits per heavy atom. The van der Waals surface area contributed by atoms with E-state index >= 15 is 0 Å². The Balaban J connectivity index is 1.65. The number of nitriles is 1. The molecule has 124 valence electrons. The third-order valence-electron chi connectivity index (χ3n) is 4.51. The fourth-order valence-corrected chi connectivity index (χ4v) is 5.73. The van der Waals surface area contributed by atoms with Gasteiger partial charge in [-0.3, -0.25) is 9.78 Å². The molecule has 1 saturated carbocycles. The number of fused-ring (bicyclic) bond motifs is 1. The molecule has 1 aromatic carbocycles. The van der Waals surface area contributed by atoms with Crippen LogP contribution in [0.5, 0.6) is 0 Å². The lowest BCUT2D eigenvalue weighted by Crippen LogP contribution is -2.34. The first-order chi connectivity index (χ1) is 12.2. The standard InChI is InChI=1S/C19H14N2O2S2/c20-10-11-1-3-15-14(9-11)12(7-8-21-15)16-5-6-18(24-16)25-17-4-2-13(17)19(22)23/h1,3,5-9,13,17H,2,4H2,(H,22,23). The number of carbonyl (C=O) groups is 1. The predicted octanol–water partition coefficient (Wildman–Crippen LogP) is 4.79. The summed E-state index contributed by atoms with van der Waals surface area (Å²) in [5.74, 6) is -0.916. The maximum Gasteiger partial charge on any atom is 0.307 e. The molecular formula is C19H14N2O2S2. The fraction of sp³-hybridized carbons (Fsp3) is 0.211. The number of benzene rings is 1. The summed E-state index contributed by atoms with van der Waals surface area (Å²) in [6, 6.07) is 13.8. The van der Waals surface area contributed by atoms with Gasteiger partial charge in [0.05, 0.1) is 27.3 Å². The number of hydrogen-bond donors (Lipinski definition) is 1. The minimum atomic E-state index is -0.690. The van der Waals surface area contributed by atoms with E-state index < -0.39 is 5.97 Å². The van der Waals surface area contributed by atoms with Crippen molar-refractivity contribution in [1.29, 1.82) is 5.26 Å². The average molecular weight is 366 g/mol. The van der Waals surface area contributed by atoms with Crippen LogP contribution < -0.4 is 0 Å². The van der Waals surface area contributed by atoms with Crippen LogP contribution in [0, 0.1) is 17.2 Å². The van der Waals surface area contributed by atoms with Crippen molar-refractivity contribution in [2.75, 3.05) is 0 Å². The normalized spacial score (nSPS) is 19.3. The first kappa shape index (κ1) is 16.1. The minimum absolute atomic E-state index is 0.170. The van der Waals surface area contributed by atoms with Crippen LogP contribution in [0.25, 0.3) is 21.3 Å². The summed E-state index contributed by atoms with van der Waals surface area (Å²) in [6.07, 6.45) is 3.51. The molecule has 1 aliphatic rings. The van der Waals surface area contributed by atoms with Crippen molar-refractivity contribution < 1.29 is 9.90 Å². The molecular weight excluding hydrogens is 352 g/mol. The highest BCUT2D eigenvalue weighted by Crippen LogP contribution is 2.45. The van der Waals surface area contributed by atoms with E-state index in [4.69, 9.17) is 5.26 Å². The Bertz CT molecular complexity index is 1010. The van der Waals surface area contributed by atoms with E-state index in [1.54, 1.807) is 35.4 Å². The van der Waals surface area contributed by atoms with Crippen LogP contribution in [0.15, 0.2) is 46.8 Å². The van der Waals surface area contributed by atoms with E-state index in [0.29, 0.717) is 5.56 Å². The monoisotopic (exact) mass is 366 g/mol. The summed E-state index contributed by atoms with van der Waals surface area (Å²) in [6.45, 7) is 0. The molecule has 6 heteroatoms. The minimum Gasteiger partial charge on any atom is -0.481 e. The van der Waals surface area contributed by atoms with Gasteiger partial charge in [-0.1, -0.05) is 0 Å². The van der Waals surface area contributed by atoms with Crippen LogP contribution in [0.4, 0.5) is 0 Å². The van der Waals surface area contributed by atoms with E-state index in [0.717, 1.165) is 38.4 Å². The second kappa shape index (κ2) is 6.51. The van der Waals surface area contributed by atoms with Crippen molar-refractivity contribution in [1.82, 2.24) is 4.98 Å². The Labute approximate surface area is 153 Å². The highest BCUT2D eigenvalue weighted by atomic mass is 32.2. The quantitative estimate of drug-likeness (QED) is 0.718. The van der Waals surface area contributed by atoms with Crippen molar-refractivity contribution in [2.24, 2.45) is 5.92 Å². The van der Waals surface area contributed by atoms with Gasteiger partial charge in [-0.25, -0.2) is 0 Å². The Hall–Kier alpha value is -2.36. The van der Waals surface area contributed by atoms with Gasteiger partial charge in [0.15, 0.2) is 0 Å². The van der Waals surface area contributed by atoms with Gasteiger partial charge in [0, 0.05) is 27.3 Å².